The summed E-state index contributed by atoms with van der Waals surface area (Å²) < 4.78 is 15.9. The Bertz CT molecular complexity index is 835. The molecule has 1 aromatic carbocycles. The molecule has 0 radical (unpaired) electrons. The van der Waals surface area contributed by atoms with E-state index in [2.05, 4.69) is 25.0 Å². The van der Waals surface area contributed by atoms with Gasteiger partial charge in [-0.25, -0.2) is 4.39 Å². The van der Waals surface area contributed by atoms with Crippen molar-refractivity contribution in [3.05, 3.63) is 29.0 Å². The Balaban J connectivity index is 1.42. The number of aromatic nitrogens is 3. The Morgan fingerprint density at radius 1 is 1.26 bits per heavy atom. The summed E-state index contributed by atoms with van der Waals surface area (Å²) in [5.41, 5.74) is 0.0887. The number of thioether (sulfide) groups is 1. The van der Waals surface area contributed by atoms with E-state index in [9.17, 15) is 9.18 Å². The highest BCUT2D eigenvalue weighted by Crippen LogP contribution is 2.41. The Labute approximate surface area is 166 Å². The van der Waals surface area contributed by atoms with Gasteiger partial charge in [0.15, 0.2) is 5.16 Å². The monoisotopic (exact) mass is 409 g/mol. The lowest BCUT2D eigenvalue weighted by molar-refractivity contribution is -0.113. The van der Waals surface area contributed by atoms with E-state index >= 15 is 0 Å². The van der Waals surface area contributed by atoms with Crippen LogP contribution in [0.3, 0.4) is 0 Å². The number of carbonyl (C=O) groups excluding carboxylic acids is 1. The fourth-order valence-electron chi connectivity index (χ4n) is 3.24. The summed E-state index contributed by atoms with van der Waals surface area (Å²) in [5.74, 6) is 0.245. The normalized spacial score (nSPS) is 17.2. The third-order valence-corrected chi connectivity index (χ3v) is 5.91. The molecule has 6 nitrogen and oxygen atoms in total. The number of hydrogen-bond acceptors (Lipinski definition) is 5. The largest absolute Gasteiger partial charge is 0.341 e. The Hall–Kier alpha value is -1.80. The minimum Gasteiger partial charge on any atom is -0.341 e. The maximum atomic E-state index is 13.8. The van der Waals surface area contributed by atoms with Gasteiger partial charge in [0, 0.05) is 24.2 Å². The van der Waals surface area contributed by atoms with Crippen LogP contribution >= 0.6 is 23.4 Å². The maximum Gasteiger partial charge on any atom is 0.234 e. The summed E-state index contributed by atoms with van der Waals surface area (Å²) in [5, 5.41) is 12.4. The van der Waals surface area contributed by atoms with Crippen LogP contribution in [0.1, 0.15) is 38.1 Å². The summed E-state index contributed by atoms with van der Waals surface area (Å²) in [6.07, 6.45) is 5.84. The lowest BCUT2D eigenvalue weighted by atomic mass is 10.1. The predicted octanol–water partition coefficient (Wildman–Crippen LogP) is 4.13. The first-order valence-electron chi connectivity index (χ1n) is 9.19. The van der Waals surface area contributed by atoms with Crippen molar-refractivity contribution < 1.29 is 9.18 Å². The first-order chi connectivity index (χ1) is 13.1. The Morgan fingerprint density at radius 2 is 2.04 bits per heavy atom. The van der Waals surface area contributed by atoms with E-state index in [-0.39, 0.29) is 17.3 Å². The average Bonchev–Trinajstić information content (AvgIpc) is 3.43. The SMILES string of the molecule is O=C(CSc1nnc(N2CCCCC2)n1C1CC1)Nc1cc(Cl)ccc1F. The third kappa shape index (κ3) is 4.38. The fourth-order valence-corrected chi connectivity index (χ4v) is 4.21. The second-order valence-electron chi connectivity index (χ2n) is 6.89. The standard InChI is InChI=1S/C18H21ClFN5OS/c19-12-4-7-14(20)15(10-12)21-16(26)11-27-18-23-22-17(25(18)13-5-6-13)24-8-2-1-3-9-24/h4,7,10,13H,1-3,5-6,8-9,11H2,(H,21,26). The van der Waals surface area contributed by atoms with Gasteiger partial charge in [0.1, 0.15) is 5.82 Å². The minimum atomic E-state index is -0.508. The van der Waals surface area contributed by atoms with Crippen LogP contribution in [0.25, 0.3) is 0 Å². The molecule has 9 heteroatoms. The van der Waals surface area contributed by atoms with Crippen LogP contribution in [-0.4, -0.2) is 39.5 Å². The quantitative estimate of drug-likeness (QED) is 0.727. The topological polar surface area (TPSA) is 63.1 Å². The first kappa shape index (κ1) is 18.6. The molecule has 1 aromatic heterocycles. The molecule has 1 amide bonds. The molecule has 2 fully saturated rings. The van der Waals surface area contributed by atoms with Gasteiger partial charge in [-0.1, -0.05) is 23.4 Å². The number of nitrogens with one attached hydrogen (secondary N) is 1. The zero-order chi connectivity index (χ0) is 18.8. The van der Waals surface area contributed by atoms with Crippen LogP contribution in [0.4, 0.5) is 16.0 Å². The molecule has 0 spiro atoms. The molecule has 0 unspecified atom stereocenters. The lowest BCUT2D eigenvalue weighted by Gasteiger charge is -2.27. The Morgan fingerprint density at radius 3 is 2.78 bits per heavy atom. The van der Waals surface area contributed by atoms with Crippen LogP contribution in [0.15, 0.2) is 23.4 Å². The number of carbonyl (C=O) groups is 1. The molecule has 1 aliphatic carbocycles. The van der Waals surface area contributed by atoms with Crippen molar-refractivity contribution in [3.8, 4) is 0 Å². The zero-order valence-electron chi connectivity index (χ0n) is 14.8. The van der Waals surface area contributed by atoms with Gasteiger partial charge in [0.25, 0.3) is 0 Å². The van der Waals surface area contributed by atoms with E-state index in [0.717, 1.165) is 37.0 Å². The van der Waals surface area contributed by atoms with Gasteiger partial charge in [-0.15, -0.1) is 10.2 Å². The summed E-state index contributed by atoms with van der Waals surface area (Å²) >= 11 is 7.20. The number of hydrogen-bond donors (Lipinski definition) is 1. The van der Waals surface area contributed by atoms with E-state index in [1.165, 1.54) is 49.2 Å². The van der Waals surface area contributed by atoms with Crippen LogP contribution < -0.4 is 10.2 Å². The average molecular weight is 410 g/mol. The number of piperidine rings is 1. The molecular weight excluding hydrogens is 389 g/mol. The van der Waals surface area contributed by atoms with E-state index in [1.54, 1.807) is 0 Å². The predicted molar refractivity (Wildman–Crippen MR) is 105 cm³/mol. The number of benzene rings is 1. The molecule has 144 valence electrons. The van der Waals surface area contributed by atoms with Gasteiger partial charge < -0.3 is 10.2 Å². The Kier molecular flexibility index (Phi) is 5.54. The number of halogens is 2. The third-order valence-electron chi connectivity index (χ3n) is 4.73. The molecule has 4 rings (SSSR count). The summed E-state index contributed by atoms with van der Waals surface area (Å²) in [4.78, 5) is 14.5. The number of amides is 1. The van der Waals surface area contributed by atoms with Crippen molar-refractivity contribution in [2.24, 2.45) is 0 Å². The minimum absolute atomic E-state index is 0.0887. The highest BCUT2D eigenvalue weighted by Gasteiger charge is 2.32. The summed E-state index contributed by atoms with van der Waals surface area (Å²) in [6.45, 7) is 2.01. The van der Waals surface area contributed by atoms with Crippen LogP contribution in [-0.2, 0) is 4.79 Å². The van der Waals surface area contributed by atoms with Gasteiger partial charge >= 0.3 is 0 Å². The first-order valence-corrected chi connectivity index (χ1v) is 10.6. The molecule has 0 atom stereocenters. The zero-order valence-corrected chi connectivity index (χ0v) is 16.4. The molecule has 1 saturated carbocycles. The van der Waals surface area contributed by atoms with E-state index in [1.807, 2.05) is 0 Å². The van der Waals surface area contributed by atoms with Crippen molar-refractivity contribution in [3.63, 3.8) is 0 Å². The molecule has 2 aromatic rings. The summed E-state index contributed by atoms with van der Waals surface area (Å²) in [7, 11) is 0. The van der Waals surface area contributed by atoms with E-state index < -0.39 is 5.82 Å². The van der Waals surface area contributed by atoms with Crippen molar-refractivity contribution in [2.45, 2.75) is 43.3 Å². The van der Waals surface area contributed by atoms with Crippen LogP contribution in [0.2, 0.25) is 5.02 Å². The molecule has 27 heavy (non-hydrogen) atoms. The van der Waals surface area contributed by atoms with Gasteiger partial charge in [-0.3, -0.25) is 9.36 Å². The number of nitrogens with zero attached hydrogens (tertiary/aromatic N) is 4. The van der Waals surface area contributed by atoms with Crippen molar-refractivity contribution >= 4 is 40.9 Å². The van der Waals surface area contributed by atoms with Crippen molar-refractivity contribution in [1.82, 2.24) is 14.8 Å². The van der Waals surface area contributed by atoms with Crippen LogP contribution in [0, 0.1) is 5.82 Å². The van der Waals surface area contributed by atoms with Crippen molar-refractivity contribution in [1.29, 1.82) is 0 Å². The van der Waals surface area contributed by atoms with Crippen molar-refractivity contribution in [2.75, 3.05) is 29.1 Å². The molecule has 0 bridgehead atoms. The molecule has 1 saturated heterocycles. The lowest BCUT2D eigenvalue weighted by Crippen LogP contribution is -2.32. The fraction of sp³-hybridized carbons (Fsp3) is 0.500. The van der Waals surface area contributed by atoms with Gasteiger partial charge in [-0.05, 0) is 50.3 Å². The smallest absolute Gasteiger partial charge is 0.234 e. The maximum absolute atomic E-state index is 13.8. The number of rotatable bonds is 6. The van der Waals surface area contributed by atoms with Gasteiger partial charge in [0.05, 0.1) is 11.4 Å². The second-order valence-corrected chi connectivity index (χ2v) is 8.27. The highest BCUT2D eigenvalue weighted by atomic mass is 35.5. The molecule has 2 aliphatic rings. The van der Waals surface area contributed by atoms with E-state index in [0.29, 0.717) is 11.1 Å². The molecule has 2 heterocycles. The highest BCUT2D eigenvalue weighted by molar-refractivity contribution is 7.99. The molecule has 1 N–H and O–H groups in total. The second kappa shape index (κ2) is 8.06. The van der Waals surface area contributed by atoms with Gasteiger partial charge in [0.2, 0.25) is 11.9 Å². The van der Waals surface area contributed by atoms with Crippen LogP contribution in [0.5, 0.6) is 0 Å². The number of anilines is 2. The molecule has 1 aliphatic heterocycles. The van der Waals surface area contributed by atoms with E-state index in [4.69, 9.17) is 11.6 Å². The molecular formula is C18H21ClFN5OS. The summed E-state index contributed by atoms with van der Waals surface area (Å²) in [6, 6.07) is 4.51. The van der Waals surface area contributed by atoms with Gasteiger partial charge in [-0.2, -0.15) is 0 Å².